The Morgan fingerprint density at radius 2 is 1.95 bits per heavy atom. The highest BCUT2D eigenvalue weighted by Crippen LogP contribution is 2.34. The normalized spacial score (nSPS) is 16.8. The van der Waals surface area contributed by atoms with Gasteiger partial charge in [0.2, 0.25) is 0 Å². The van der Waals surface area contributed by atoms with Gasteiger partial charge in [0.05, 0.1) is 4.91 Å². The summed E-state index contributed by atoms with van der Waals surface area (Å²) < 4.78 is 6.32. The van der Waals surface area contributed by atoms with E-state index in [4.69, 9.17) is 16.6 Å². The summed E-state index contributed by atoms with van der Waals surface area (Å²) in [6.45, 7) is 2.06. The number of amides is 1. The number of carbonyl (C=O) groups excluding carboxylic acids is 1. The van der Waals surface area contributed by atoms with Gasteiger partial charge in [0, 0.05) is 18.0 Å². The Labute approximate surface area is 142 Å². The summed E-state index contributed by atoms with van der Waals surface area (Å²) in [7, 11) is 1.68. The van der Waals surface area contributed by atoms with Crippen molar-refractivity contribution in [2.75, 3.05) is 7.05 Å². The van der Waals surface area contributed by atoms with Gasteiger partial charge in [-0.15, -0.1) is 0 Å². The molecule has 2 heterocycles. The highest BCUT2D eigenvalue weighted by molar-refractivity contribution is 8.26. The molecule has 2 aromatic rings. The number of carbonyl (C=O) groups is 1. The predicted molar refractivity (Wildman–Crippen MR) is 94.9 cm³/mol. The van der Waals surface area contributed by atoms with E-state index in [0.29, 0.717) is 15.0 Å². The number of thiocarbonyl (C=S) groups is 1. The molecule has 0 spiro atoms. The molecule has 0 saturated carbocycles. The monoisotopic (exact) mass is 347 g/mol. The summed E-state index contributed by atoms with van der Waals surface area (Å²) in [5.41, 5.74) is 1.23. The molecule has 1 aromatic heterocycles. The molecule has 0 N–H and O–H groups in total. The Bertz CT molecular complexity index is 762. The molecule has 0 unspecified atom stereocenters. The van der Waals surface area contributed by atoms with E-state index < -0.39 is 0 Å². The minimum absolute atomic E-state index is 0.0841. The molecule has 1 aliphatic rings. The van der Waals surface area contributed by atoms with Gasteiger partial charge in [-0.2, -0.15) is 0 Å². The molecule has 1 amide bonds. The zero-order valence-corrected chi connectivity index (χ0v) is 14.5. The molecule has 1 aliphatic heterocycles. The molecular formula is C16H13NO2S3. The fourth-order valence-corrected chi connectivity index (χ4v) is 3.80. The summed E-state index contributed by atoms with van der Waals surface area (Å²) in [6.07, 6.45) is 1.74. The second-order valence-electron chi connectivity index (χ2n) is 4.81. The first-order chi connectivity index (χ1) is 10.5. The number of thioether (sulfide) groups is 1. The molecule has 22 heavy (non-hydrogen) atoms. The van der Waals surface area contributed by atoms with Crippen molar-refractivity contribution in [3.63, 3.8) is 0 Å². The lowest BCUT2D eigenvalue weighted by atomic mass is 10.2. The highest BCUT2D eigenvalue weighted by atomic mass is 32.2. The number of rotatable bonds is 3. The second-order valence-corrected chi connectivity index (χ2v) is 7.57. The van der Waals surface area contributed by atoms with Crippen LogP contribution in [0.2, 0.25) is 0 Å². The maximum atomic E-state index is 12.0. The smallest absolute Gasteiger partial charge is 0.266 e. The Kier molecular flexibility index (Phi) is 4.42. The van der Waals surface area contributed by atoms with Gasteiger partial charge in [0.1, 0.15) is 10.1 Å². The number of nitrogens with zero attached hydrogens (tertiary/aromatic N) is 1. The lowest BCUT2D eigenvalue weighted by Crippen LogP contribution is -2.22. The summed E-state index contributed by atoms with van der Waals surface area (Å²) >= 11 is 7.95. The molecule has 0 radical (unpaired) electrons. The van der Waals surface area contributed by atoms with Gasteiger partial charge in [-0.25, -0.2) is 0 Å². The van der Waals surface area contributed by atoms with Gasteiger partial charge < -0.3 is 4.42 Å². The van der Waals surface area contributed by atoms with E-state index >= 15 is 0 Å². The third kappa shape index (κ3) is 3.29. The minimum atomic E-state index is -0.0841. The van der Waals surface area contributed by atoms with Crippen LogP contribution in [0.25, 0.3) is 6.08 Å². The van der Waals surface area contributed by atoms with Crippen molar-refractivity contribution in [2.45, 2.75) is 16.9 Å². The SMILES string of the molecule is Cc1ccc(Sc2ccc(/C=C3\SC(=S)N(C)C3=O)o2)cc1. The van der Waals surface area contributed by atoms with Crippen molar-refractivity contribution in [1.82, 2.24) is 4.90 Å². The van der Waals surface area contributed by atoms with Gasteiger partial charge in [0.25, 0.3) is 5.91 Å². The molecule has 6 heteroatoms. The quantitative estimate of drug-likeness (QED) is 0.600. The van der Waals surface area contributed by atoms with Crippen LogP contribution in [-0.4, -0.2) is 22.2 Å². The van der Waals surface area contributed by atoms with E-state index in [1.54, 1.807) is 24.9 Å². The van der Waals surface area contributed by atoms with Crippen molar-refractivity contribution in [3.8, 4) is 0 Å². The van der Waals surface area contributed by atoms with E-state index in [1.165, 1.54) is 22.2 Å². The maximum absolute atomic E-state index is 12.0. The maximum Gasteiger partial charge on any atom is 0.266 e. The van der Waals surface area contributed by atoms with E-state index in [0.717, 1.165) is 9.99 Å². The third-order valence-corrected chi connectivity index (χ3v) is 5.51. The van der Waals surface area contributed by atoms with Crippen molar-refractivity contribution in [2.24, 2.45) is 0 Å². The molecular weight excluding hydrogens is 334 g/mol. The van der Waals surface area contributed by atoms with Gasteiger partial charge in [0.15, 0.2) is 5.09 Å². The topological polar surface area (TPSA) is 33.5 Å². The molecule has 1 saturated heterocycles. The lowest BCUT2D eigenvalue weighted by molar-refractivity contribution is -0.121. The summed E-state index contributed by atoms with van der Waals surface area (Å²) in [4.78, 5) is 15.1. The minimum Gasteiger partial charge on any atom is -0.450 e. The standard InChI is InChI=1S/C16H13NO2S3/c1-10-3-6-12(7-4-10)21-14-8-5-11(19-14)9-13-15(18)17(2)16(20)22-13/h3-9H,1-2H3/b13-9-. The highest BCUT2D eigenvalue weighted by Gasteiger charge is 2.28. The molecule has 112 valence electrons. The zero-order valence-electron chi connectivity index (χ0n) is 12.0. The Morgan fingerprint density at radius 3 is 2.59 bits per heavy atom. The van der Waals surface area contributed by atoms with Crippen molar-refractivity contribution >= 4 is 52.0 Å². The molecule has 1 fully saturated rings. The van der Waals surface area contributed by atoms with Gasteiger partial charge in [-0.05, 0) is 31.2 Å². The Morgan fingerprint density at radius 1 is 1.23 bits per heavy atom. The lowest BCUT2D eigenvalue weighted by Gasteiger charge is -2.03. The molecule has 0 bridgehead atoms. The first-order valence-corrected chi connectivity index (χ1v) is 8.63. The molecule has 3 nitrogen and oxygen atoms in total. The van der Waals surface area contributed by atoms with Crippen LogP contribution in [0.5, 0.6) is 0 Å². The Balaban J connectivity index is 1.75. The van der Waals surface area contributed by atoms with Crippen molar-refractivity contribution in [1.29, 1.82) is 0 Å². The summed E-state index contributed by atoms with van der Waals surface area (Å²) in [5, 5.41) is 0.794. The van der Waals surface area contributed by atoms with Crippen LogP contribution in [0, 0.1) is 6.92 Å². The van der Waals surface area contributed by atoms with Crippen LogP contribution in [0.1, 0.15) is 11.3 Å². The van der Waals surface area contributed by atoms with Gasteiger partial charge in [-0.3, -0.25) is 9.69 Å². The number of hydrogen-bond acceptors (Lipinski definition) is 5. The fourth-order valence-electron chi connectivity index (χ4n) is 1.86. The third-order valence-electron chi connectivity index (χ3n) is 3.10. The number of likely N-dealkylation sites (N-methyl/N-ethyl adjacent to an activating group) is 1. The largest absolute Gasteiger partial charge is 0.450 e. The Hall–Kier alpha value is -1.50. The van der Waals surface area contributed by atoms with E-state index in [9.17, 15) is 4.79 Å². The van der Waals surface area contributed by atoms with E-state index in [-0.39, 0.29) is 5.91 Å². The van der Waals surface area contributed by atoms with Gasteiger partial charge >= 0.3 is 0 Å². The van der Waals surface area contributed by atoms with E-state index in [1.807, 2.05) is 12.1 Å². The number of hydrogen-bond donors (Lipinski definition) is 0. The molecule has 1 aromatic carbocycles. The number of furan rings is 1. The van der Waals surface area contributed by atoms with Crippen LogP contribution < -0.4 is 0 Å². The van der Waals surface area contributed by atoms with Crippen molar-refractivity contribution in [3.05, 3.63) is 52.6 Å². The zero-order chi connectivity index (χ0) is 15.7. The molecule has 0 aliphatic carbocycles. The van der Waals surface area contributed by atoms with Crippen LogP contribution >= 0.6 is 35.7 Å². The predicted octanol–water partition coefficient (Wildman–Crippen LogP) is 4.57. The molecule has 3 rings (SSSR count). The average molecular weight is 347 g/mol. The average Bonchev–Trinajstić information content (AvgIpc) is 3.03. The first-order valence-electron chi connectivity index (χ1n) is 6.59. The van der Waals surface area contributed by atoms with Crippen molar-refractivity contribution < 1.29 is 9.21 Å². The number of benzene rings is 1. The summed E-state index contributed by atoms with van der Waals surface area (Å²) in [5.74, 6) is 0.572. The van der Waals surface area contributed by atoms with Gasteiger partial charge in [-0.1, -0.05) is 53.4 Å². The van der Waals surface area contributed by atoms with E-state index in [2.05, 4.69) is 31.2 Å². The van der Waals surface area contributed by atoms with Crippen LogP contribution in [0.4, 0.5) is 0 Å². The second kappa shape index (κ2) is 6.32. The number of aryl methyl sites for hydroxylation is 1. The fraction of sp³-hybridized carbons (Fsp3) is 0.125. The first kappa shape index (κ1) is 15.4. The molecule has 0 atom stereocenters. The van der Waals surface area contributed by atoms with Crippen LogP contribution in [-0.2, 0) is 4.79 Å². The summed E-state index contributed by atoms with van der Waals surface area (Å²) in [6, 6.07) is 12.0. The van der Waals surface area contributed by atoms with Crippen LogP contribution in [0.15, 0.2) is 55.7 Å². The van der Waals surface area contributed by atoms with Crippen LogP contribution in [0.3, 0.4) is 0 Å².